The third-order valence-electron chi connectivity index (χ3n) is 6.19. The Balaban J connectivity index is 1.85. The van der Waals surface area contributed by atoms with Crippen molar-refractivity contribution in [2.45, 2.75) is 62.7 Å². The lowest BCUT2D eigenvalue weighted by Gasteiger charge is -2.29. The Morgan fingerprint density at radius 2 is 1.77 bits per heavy atom. The summed E-state index contributed by atoms with van der Waals surface area (Å²) in [5, 5.41) is 33.9. The van der Waals surface area contributed by atoms with Crippen molar-refractivity contribution in [3.05, 3.63) is 71.8 Å². The van der Waals surface area contributed by atoms with E-state index in [2.05, 4.69) is 5.32 Å². The van der Waals surface area contributed by atoms with Crippen LogP contribution in [-0.4, -0.2) is 75.0 Å². The maximum Gasteiger partial charge on any atom is 0.255 e. The van der Waals surface area contributed by atoms with E-state index in [1.54, 1.807) is 30.3 Å². The van der Waals surface area contributed by atoms with E-state index in [4.69, 9.17) is 4.74 Å². The van der Waals surface area contributed by atoms with E-state index in [1.807, 2.05) is 20.8 Å². The number of methoxy groups -OCH3 is 1. The van der Waals surface area contributed by atoms with E-state index in [0.717, 1.165) is 19.2 Å². The summed E-state index contributed by atoms with van der Waals surface area (Å²) in [6, 6.07) is 8.03. The van der Waals surface area contributed by atoms with Crippen molar-refractivity contribution in [2.75, 3.05) is 17.8 Å². The third-order valence-corrected chi connectivity index (χ3v) is 7.70. The number of benzene rings is 2. The summed E-state index contributed by atoms with van der Waals surface area (Å²) >= 11 is -1.52. The average molecular weight is 582 g/mol. The summed E-state index contributed by atoms with van der Waals surface area (Å²) in [5.41, 5.74) is 0.148. The molecule has 0 saturated heterocycles. The number of halogens is 2. The van der Waals surface area contributed by atoms with E-state index in [9.17, 15) is 38.2 Å². The van der Waals surface area contributed by atoms with Crippen LogP contribution in [0.25, 0.3) is 0 Å². The van der Waals surface area contributed by atoms with Crippen molar-refractivity contribution in [1.29, 1.82) is 0 Å². The quantitative estimate of drug-likeness (QED) is 0.226. The molecule has 1 heterocycles. The van der Waals surface area contributed by atoms with Gasteiger partial charge in [-0.25, -0.2) is 8.78 Å². The number of nitrogens with zero attached hydrogens (tertiary/aromatic N) is 1. The van der Waals surface area contributed by atoms with Crippen LogP contribution in [0.2, 0.25) is 0 Å². The number of allylic oxidation sites excluding steroid dienone is 1. The Morgan fingerprint density at radius 3 is 2.38 bits per heavy atom. The molecule has 0 aromatic heterocycles. The average Bonchev–Trinajstić information content (AvgIpc) is 2.96. The van der Waals surface area contributed by atoms with Gasteiger partial charge in [0, 0.05) is 13.2 Å². The SMILES string of the molecule is CO[C@@H](C(=O)N[C@H]1C[S+](O)c2ccccc2N(Cc2cc(F)cc(F)c2)C1=O)[C@H](O)[C@@H](O)[C@H](O)/C=C/C(C)(C)C. The Morgan fingerprint density at radius 1 is 1.15 bits per heavy atom. The fraction of sp³-hybridized carbons (Fsp3) is 0.429. The van der Waals surface area contributed by atoms with Crippen molar-refractivity contribution >= 4 is 28.7 Å². The lowest BCUT2D eigenvalue weighted by atomic mass is 9.94. The zero-order valence-corrected chi connectivity index (χ0v) is 23.4. The second kappa shape index (κ2) is 13.2. The third kappa shape index (κ3) is 7.87. The first-order valence-electron chi connectivity index (χ1n) is 12.5. The number of para-hydroxylation sites is 1. The minimum Gasteiger partial charge on any atom is -0.387 e. The van der Waals surface area contributed by atoms with E-state index in [1.165, 1.54) is 11.0 Å². The molecular formula is C28H35F2N2O7S+. The molecule has 0 spiro atoms. The maximum absolute atomic E-state index is 13.9. The number of fused-ring (bicyclic) bond motifs is 1. The van der Waals surface area contributed by atoms with Gasteiger partial charge in [0.1, 0.15) is 35.6 Å². The van der Waals surface area contributed by atoms with Crippen molar-refractivity contribution in [2.24, 2.45) is 5.41 Å². The van der Waals surface area contributed by atoms with E-state index in [-0.39, 0.29) is 23.3 Å². The highest BCUT2D eigenvalue weighted by Crippen LogP contribution is 2.32. The number of nitrogens with one attached hydrogen (secondary N) is 1. The van der Waals surface area contributed by atoms with Crippen LogP contribution in [0.15, 0.2) is 59.5 Å². The van der Waals surface area contributed by atoms with Gasteiger partial charge in [0.2, 0.25) is 4.90 Å². The Labute approximate surface area is 234 Å². The first-order valence-corrected chi connectivity index (χ1v) is 13.9. The molecule has 2 amide bonds. The number of aliphatic hydroxyl groups excluding tert-OH is 3. The molecule has 2 aromatic carbocycles. The fourth-order valence-electron chi connectivity index (χ4n) is 4.19. The van der Waals surface area contributed by atoms with Gasteiger partial charge >= 0.3 is 0 Å². The van der Waals surface area contributed by atoms with Crippen LogP contribution in [0.5, 0.6) is 0 Å². The highest BCUT2D eigenvalue weighted by Gasteiger charge is 2.44. The van der Waals surface area contributed by atoms with Crippen LogP contribution in [0, 0.1) is 17.0 Å². The number of amides is 2. The van der Waals surface area contributed by atoms with Gasteiger partial charge in [-0.05, 0) is 35.2 Å². The highest BCUT2D eigenvalue weighted by atomic mass is 32.2. The van der Waals surface area contributed by atoms with Crippen LogP contribution >= 0.6 is 0 Å². The number of rotatable bonds is 9. The van der Waals surface area contributed by atoms with Gasteiger partial charge in [0.25, 0.3) is 11.8 Å². The molecule has 0 saturated carbocycles. The number of hydrogen-bond acceptors (Lipinski definition) is 7. The van der Waals surface area contributed by atoms with Gasteiger partial charge in [0.15, 0.2) is 29.1 Å². The van der Waals surface area contributed by atoms with Crippen molar-refractivity contribution in [1.82, 2.24) is 5.32 Å². The van der Waals surface area contributed by atoms with Crippen LogP contribution in [0.3, 0.4) is 0 Å². The van der Waals surface area contributed by atoms with Crippen LogP contribution in [0.1, 0.15) is 26.3 Å². The van der Waals surface area contributed by atoms with Crippen molar-refractivity contribution in [3.8, 4) is 0 Å². The molecule has 0 aliphatic carbocycles. The molecule has 1 unspecified atom stereocenters. The van der Waals surface area contributed by atoms with Gasteiger partial charge in [-0.1, -0.05) is 45.1 Å². The van der Waals surface area contributed by atoms with Crippen LogP contribution in [-0.2, 0) is 32.0 Å². The highest BCUT2D eigenvalue weighted by molar-refractivity contribution is 7.91. The molecule has 0 fully saturated rings. The molecule has 1 aliphatic heterocycles. The standard InChI is InChI=1S/C28H34F2N2O7S/c1-28(2,3)10-9-21(33)23(34)24(35)25(39-4)26(36)31-19-15-40(38)22-8-6-5-7-20(22)32(27(19)37)14-16-11-17(29)13-18(30)12-16/h5-13,19,21,23-25,33-35,38H,14-15H2,1-4H3/p+1/b10-9+/t19-,21+,23-,24+,25+,40?/m0/s1. The summed E-state index contributed by atoms with van der Waals surface area (Å²) in [4.78, 5) is 28.5. The molecule has 6 atom stereocenters. The number of carbonyl (C=O) groups excluding carboxylic acids is 2. The van der Waals surface area contributed by atoms with Crippen molar-refractivity contribution in [3.63, 3.8) is 0 Å². The smallest absolute Gasteiger partial charge is 0.255 e. The predicted octanol–water partition coefficient (Wildman–Crippen LogP) is 2.15. The maximum atomic E-state index is 13.9. The number of aliphatic hydroxyl groups is 3. The molecule has 218 valence electrons. The van der Waals surface area contributed by atoms with Crippen LogP contribution in [0.4, 0.5) is 14.5 Å². The number of ether oxygens (including phenoxy) is 1. The topological polar surface area (TPSA) is 140 Å². The number of anilines is 1. The van der Waals surface area contributed by atoms with E-state index >= 15 is 0 Å². The zero-order valence-electron chi connectivity index (χ0n) is 22.6. The zero-order chi connectivity index (χ0) is 29.8. The van der Waals surface area contributed by atoms with Gasteiger partial charge < -0.3 is 30.3 Å². The molecule has 40 heavy (non-hydrogen) atoms. The lowest BCUT2D eigenvalue weighted by Crippen LogP contribution is -2.57. The molecule has 12 heteroatoms. The normalized spacial score (nSPS) is 20.9. The summed E-state index contributed by atoms with van der Waals surface area (Å²) in [6.07, 6.45) is -3.93. The summed E-state index contributed by atoms with van der Waals surface area (Å²) in [7, 11) is 1.11. The number of carbonyl (C=O) groups is 2. The van der Waals surface area contributed by atoms with Gasteiger partial charge in [-0.2, -0.15) is 4.55 Å². The number of hydrogen-bond donors (Lipinski definition) is 5. The molecule has 5 N–H and O–H groups in total. The minimum atomic E-state index is -1.87. The Hall–Kier alpha value is -2.87. The predicted molar refractivity (Wildman–Crippen MR) is 146 cm³/mol. The van der Waals surface area contributed by atoms with E-state index in [0.29, 0.717) is 16.6 Å². The van der Waals surface area contributed by atoms with Crippen molar-refractivity contribution < 1.29 is 43.0 Å². The summed E-state index contributed by atoms with van der Waals surface area (Å²) < 4.78 is 43.8. The fourth-order valence-corrected chi connectivity index (χ4v) is 5.57. The monoisotopic (exact) mass is 581 g/mol. The molecule has 1 aliphatic rings. The van der Waals surface area contributed by atoms with Gasteiger partial charge in [-0.3, -0.25) is 9.59 Å². The van der Waals surface area contributed by atoms with Gasteiger partial charge in [-0.15, -0.1) is 0 Å². The Bertz CT molecular complexity index is 1220. The Kier molecular flexibility index (Phi) is 10.4. The second-order valence-corrected chi connectivity index (χ2v) is 12.1. The molecule has 9 nitrogen and oxygen atoms in total. The lowest BCUT2D eigenvalue weighted by molar-refractivity contribution is -0.150. The largest absolute Gasteiger partial charge is 0.387 e. The van der Waals surface area contributed by atoms with Crippen LogP contribution < -0.4 is 10.2 Å². The second-order valence-electron chi connectivity index (χ2n) is 10.6. The minimum absolute atomic E-state index is 0.149. The van der Waals surface area contributed by atoms with E-state index < -0.39 is 65.1 Å². The molecule has 0 bridgehead atoms. The first-order chi connectivity index (χ1) is 18.7. The molecular weight excluding hydrogens is 546 g/mol. The van der Waals surface area contributed by atoms with Gasteiger partial charge in [0.05, 0.1) is 6.54 Å². The summed E-state index contributed by atoms with van der Waals surface area (Å²) in [5.74, 6) is -3.52. The summed E-state index contributed by atoms with van der Waals surface area (Å²) in [6.45, 7) is 5.36. The molecule has 2 aromatic rings. The molecule has 3 rings (SSSR count). The molecule has 0 radical (unpaired) electrons. The first kappa shape index (κ1) is 31.7.